The molecule has 0 aliphatic carbocycles. The summed E-state index contributed by atoms with van der Waals surface area (Å²) in [6, 6.07) is 7.41. The van der Waals surface area contributed by atoms with Crippen LogP contribution in [0, 0.1) is 10.1 Å². The highest BCUT2D eigenvalue weighted by Gasteiger charge is 2.20. The van der Waals surface area contributed by atoms with Crippen LogP contribution in [0.1, 0.15) is 10.4 Å². The number of halogens is 1. The first kappa shape index (κ1) is 17.0. The van der Waals surface area contributed by atoms with Crippen LogP contribution in [0.2, 0.25) is 0 Å². The van der Waals surface area contributed by atoms with Crippen LogP contribution in [0.4, 0.5) is 17.1 Å². The molecule has 130 valence electrons. The van der Waals surface area contributed by atoms with Gasteiger partial charge < -0.3 is 20.1 Å². The molecular weight excluding hydrogens is 394 g/mol. The Bertz CT molecular complexity index is 856. The first-order chi connectivity index (χ1) is 12.0. The molecule has 1 aliphatic heterocycles. The van der Waals surface area contributed by atoms with E-state index in [0.717, 1.165) is 0 Å². The van der Waals surface area contributed by atoms with Crippen molar-refractivity contribution in [1.82, 2.24) is 0 Å². The number of nitro benzene ring substituents is 1. The summed E-state index contributed by atoms with van der Waals surface area (Å²) in [7, 11) is 1.64. The number of fused-ring (bicyclic) bond motifs is 1. The van der Waals surface area contributed by atoms with Crippen LogP contribution in [0.25, 0.3) is 0 Å². The Labute approximate surface area is 151 Å². The Morgan fingerprint density at radius 3 is 2.48 bits per heavy atom. The molecule has 0 saturated carbocycles. The molecule has 0 radical (unpaired) electrons. The van der Waals surface area contributed by atoms with Crippen LogP contribution in [-0.2, 0) is 0 Å². The summed E-state index contributed by atoms with van der Waals surface area (Å²) in [5.41, 5.74) is 0.962. The second-order valence-electron chi connectivity index (χ2n) is 5.17. The van der Waals surface area contributed by atoms with E-state index in [9.17, 15) is 14.9 Å². The van der Waals surface area contributed by atoms with Gasteiger partial charge in [-0.25, -0.2) is 0 Å². The molecule has 2 aromatic carbocycles. The van der Waals surface area contributed by atoms with Crippen molar-refractivity contribution in [3.05, 3.63) is 50.5 Å². The first-order valence-electron chi connectivity index (χ1n) is 7.36. The number of benzene rings is 2. The number of hydrogen-bond acceptors (Lipinski definition) is 6. The molecule has 0 aromatic heterocycles. The van der Waals surface area contributed by atoms with Crippen molar-refractivity contribution in [2.45, 2.75) is 0 Å². The summed E-state index contributed by atoms with van der Waals surface area (Å²) in [5.74, 6) is 0.630. The molecule has 0 bridgehead atoms. The number of non-ortho nitro benzene ring substituents is 1. The largest absolute Gasteiger partial charge is 0.486 e. The van der Waals surface area contributed by atoms with E-state index in [4.69, 9.17) is 9.47 Å². The van der Waals surface area contributed by atoms with E-state index < -0.39 is 10.8 Å². The first-order valence-corrected chi connectivity index (χ1v) is 8.15. The van der Waals surface area contributed by atoms with E-state index in [0.29, 0.717) is 40.6 Å². The molecule has 0 fully saturated rings. The van der Waals surface area contributed by atoms with E-state index >= 15 is 0 Å². The van der Waals surface area contributed by atoms with Gasteiger partial charge in [0.05, 0.1) is 16.2 Å². The van der Waals surface area contributed by atoms with Gasteiger partial charge in [-0.1, -0.05) is 0 Å². The van der Waals surface area contributed by atoms with Gasteiger partial charge in [-0.15, -0.1) is 0 Å². The summed E-state index contributed by atoms with van der Waals surface area (Å²) < 4.78 is 11.6. The fraction of sp³-hybridized carbons (Fsp3) is 0.188. The van der Waals surface area contributed by atoms with Crippen molar-refractivity contribution in [1.29, 1.82) is 0 Å². The van der Waals surface area contributed by atoms with Crippen molar-refractivity contribution in [2.75, 3.05) is 30.9 Å². The van der Waals surface area contributed by atoms with Crippen molar-refractivity contribution >= 4 is 38.9 Å². The Balaban J connectivity index is 1.92. The number of ether oxygens (including phenoxy) is 2. The van der Waals surface area contributed by atoms with E-state index in [-0.39, 0.29) is 11.3 Å². The molecule has 0 spiro atoms. The van der Waals surface area contributed by atoms with Crippen LogP contribution in [0.3, 0.4) is 0 Å². The molecule has 3 rings (SSSR count). The highest BCUT2D eigenvalue weighted by atomic mass is 79.9. The number of carbonyl (C=O) groups is 1. The van der Waals surface area contributed by atoms with Gasteiger partial charge in [-0.2, -0.15) is 0 Å². The molecule has 1 amide bonds. The average molecular weight is 408 g/mol. The Hall–Kier alpha value is -2.81. The predicted molar refractivity (Wildman–Crippen MR) is 95.7 cm³/mol. The maximum atomic E-state index is 12.6. The van der Waals surface area contributed by atoms with E-state index in [1.165, 1.54) is 18.2 Å². The third kappa shape index (κ3) is 3.50. The number of nitro groups is 1. The van der Waals surface area contributed by atoms with Gasteiger partial charge in [0.25, 0.3) is 11.6 Å². The van der Waals surface area contributed by atoms with Crippen LogP contribution < -0.4 is 20.1 Å². The van der Waals surface area contributed by atoms with Gasteiger partial charge in [0, 0.05) is 41.5 Å². The molecule has 0 unspecified atom stereocenters. The van der Waals surface area contributed by atoms with E-state index in [1.54, 1.807) is 19.2 Å². The number of hydrogen-bond donors (Lipinski definition) is 2. The SMILES string of the molecule is CNc1ccc([N+](=O)[O-])cc1C(=O)Nc1cc2c(cc1Br)OCCO2. The quantitative estimate of drug-likeness (QED) is 0.594. The molecule has 9 heteroatoms. The van der Waals surface area contributed by atoms with Gasteiger partial charge in [-0.3, -0.25) is 14.9 Å². The molecule has 2 N–H and O–H groups in total. The van der Waals surface area contributed by atoms with Crippen molar-refractivity contribution in [3.63, 3.8) is 0 Å². The maximum Gasteiger partial charge on any atom is 0.270 e. The van der Waals surface area contributed by atoms with E-state index in [2.05, 4.69) is 26.6 Å². The summed E-state index contributed by atoms with van der Waals surface area (Å²) in [6.45, 7) is 0.890. The van der Waals surface area contributed by atoms with Gasteiger partial charge in [-0.05, 0) is 22.0 Å². The summed E-state index contributed by atoms with van der Waals surface area (Å²) in [5, 5.41) is 16.6. The zero-order chi connectivity index (χ0) is 18.0. The van der Waals surface area contributed by atoms with Crippen LogP contribution in [0.15, 0.2) is 34.8 Å². The normalized spacial score (nSPS) is 12.4. The topological polar surface area (TPSA) is 103 Å². The molecule has 2 aromatic rings. The minimum absolute atomic E-state index is 0.162. The minimum Gasteiger partial charge on any atom is -0.486 e. The molecule has 1 heterocycles. The smallest absolute Gasteiger partial charge is 0.270 e. The standard InChI is InChI=1S/C16H14BrN3O5/c1-18-12-3-2-9(20(22)23)6-10(12)16(21)19-13-8-15-14(7-11(13)17)24-4-5-25-15/h2-3,6-8,18H,4-5H2,1H3,(H,19,21). The third-order valence-corrected chi connectivity index (χ3v) is 4.26. The highest BCUT2D eigenvalue weighted by molar-refractivity contribution is 9.10. The fourth-order valence-corrected chi connectivity index (χ4v) is 2.82. The Morgan fingerprint density at radius 2 is 1.84 bits per heavy atom. The second kappa shape index (κ2) is 6.98. The summed E-state index contributed by atoms with van der Waals surface area (Å²) >= 11 is 3.38. The number of amides is 1. The lowest BCUT2D eigenvalue weighted by Crippen LogP contribution is -2.17. The number of anilines is 2. The van der Waals surface area contributed by atoms with Gasteiger partial charge in [0.2, 0.25) is 0 Å². The molecule has 25 heavy (non-hydrogen) atoms. The number of nitrogens with one attached hydrogen (secondary N) is 2. The Morgan fingerprint density at radius 1 is 1.16 bits per heavy atom. The average Bonchev–Trinajstić information content (AvgIpc) is 2.61. The van der Waals surface area contributed by atoms with Crippen molar-refractivity contribution in [3.8, 4) is 11.5 Å². The predicted octanol–water partition coefficient (Wildman–Crippen LogP) is 3.42. The second-order valence-corrected chi connectivity index (χ2v) is 6.02. The highest BCUT2D eigenvalue weighted by Crippen LogP contribution is 2.38. The van der Waals surface area contributed by atoms with Crippen LogP contribution >= 0.6 is 15.9 Å². The van der Waals surface area contributed by atoms with Gasteiger partial charge in [0.1, 0.15) is 13.2 Å². The number of carbonyl (C=O) groups excluding carboxylic acids is 1. The number of rotatable bonds is 4. The maximum absolute atomic E-state index is 12.6. The van der Waals surface area contributed by atoms with Gasteiger partial charge in [0.15, 0.2) is 11.5 Å². The van der Waals surface area contributed by atoms with Gasteiger partial charge >= 0.3 is 0 Å². The lowest BCUT2D eigenvalue weighted by atomic mass is 10.1. The number of nitrogens with zero attached hydrogens (tertiary/aromatic N) is 1. The lowest BCUT2D eigenvalue weighted by Gasteiger charge is -2.20. The van der Waals surface area contributed by atoms with Crippen molar-refractivity contribution in [2.24, 2.45) is 0 Å². The van der Waals surface area contributed by atoms with Crippen LogP contribution in [0.5, 0.6) is 11.5 Å². The summed E-state index contributed by atoms with van der Waals surface area (Å²) in [4.78, 5) is 23.0. The molecule has 0 saturated heterocycles. The molecule has 8 nitrogen and oxygen atoms in total. The fourth-order valence-electron chi connectivity index (χ4n) is 2.40. The Kier molecular flexibility index (Phi) is 4.75. The van der Waals surface area contributed by atoms with Crippen molar-refractivity contribution < 1.29 is 19.2 Å². The molecular formula is C16H14BrN3O5. The zero-order valence-electron chi connectivity index (χ0n) is 13.2. The third-order valence-electron chi connectivity index (χ3n) is 3.61. The summed E-state index contributed by atoms with van der Waals surface area (Å²) in [6.07, 6.45) is 0. The molecule has 1 aliphatic rings. The monoisotopic (exact) mass is 407 g/mol. The van der Waals surface area contributed by atoms with Crippen LogP contribution in [-0.4, -0.2) is 31.1 Å². The minimum atomic E-state index is -0.545. The molecule has 0 atom stereocenters. The lowest BCUT2D eigenvalue weighted by molar-refractivity contribution is -0.384. The zero-order valence-corrected chi connectivity index (χ0v) is 14.8. The van der Waals surface area contributed by atoms with E-state index in [1.807, 2.05) is 0 Å².